The van der Waals surface area contributed by atoms with Gasteiger partial charge in [-0.2, -0.15) is 0 Å². The normalized spacial score (nSPS) is 13.3. The summed E-state index contributed by atoms with van der Waals surface area (Å²) in [5.41, 5.74) is 0.704. The lowest BCUT2D eigenvalue weighted by molar-refractivity contribution is 0.167. The fourth-order valence-electron chi connectivity index (χ4n) is 1.72. The molecule has 1 rings (SSSR count). The Morgan fingerprint density at radius 3 is 2.16 bits per heavy atom. The number of hydrogen-bond donors (Lipinski definition) is 2. The average Bonchev–Trinajstić information content (AvgIpc) is 2.43. The number of benzene rings is 1. The minimum atomic E-state index is -0.874. The van der Waals surface area contributed by atoms with Crippen LogP contribution in [0, 0.1) is 0 Å². The summed E-state index contributed by atoms with van der Waals surface area (Å²) in [6.07, 6.45) is -1.64. The largest absolute Gasteiger partial charge is 0.388 e. The molecule has 0 aromatic heterocycles. The van der Waals surface area contributed by atoms with Crippen molar-refractivity contribution in [1.29, 1.82) is 0 Å². The van der Waals surface area contributed by atoms with Gasteiger partial charge in [-0.15, -0.1) is 0 Å². The van der Waals surface area contributed by atoms with Crippen molar-refractivity contribution in [2.24, 2.45) is 0 Å². The van der Waals surface area contributed by atoms with Crippen molar-refractivity contribution in [3.05, 3.63) is 35.9 Å². The number of aliphatic hydroxyl groups is 1. The standard InChI is InChI=1S/C8H9B9NO/c9-14-15(10)8(18-17(13)16(11)12)7(19)6-4-2-1-3-5-6/h1-5,7-8,18-19H. The number of nitrogens with one attached hydrogen (secondary N) is 1. The van der Waals surface area contributed by atoms with E-state index in [4.69, 9.17) is 38.7 Å². The Labute approximate surface area is 124 Å². The summed E-state index contributed by atoms with van der Waals surface area (Å²) in [4.78, 5) is 0. The summed E-state index contributed by atoms with van der Waals surface area (Å²) in [7, 11) is 29.3. The predicted molar refractivity (Wildman–Crippen MR) is 90.1 cm³/mol. The molecular formula is C8H9B9NO. The zero-order valence-electron chi connectivity index (χ0n) is 10.7. The fourth-order valence-corrected chi connectivity index (χ4v) is 1.72. The molecule has 2 nitrogen and oxygen atoms in total. The van der Waals surface area contributed by atoms with E-state index in [9.17, 15) is 5.11 Å². The summed E-state index contributed by atoms with van der Waals surface area (Å²) < 4.78 is 0. The molecule has 1 aromatic rings. The van der Waals surface area contributed by atoms with Gasteiger partial charge in [-0.1, -0.05) is 30.3 Å². The van der Waals surface area contributed by atoms with Gasteiger partial charge < -0.3 is 10.3 Å². The van der Waals surface area contributed by atoms with Crippen LogP contribution in [-0.4, -0.2) is 76.3 Å². The lowest BCUT2D eigenvalue weighted by atomic mass is 8.90. The summed E-state index contributed by atoms with van der Waals surface area (Å²) in [5.74, 6) is -0.586. The quantitative estimate of drug-likeness (QED) is 0.499. The zero-order valence-corrected chi connectivity index (χ0v) is 10.7. The number of hydrogen-bond acceptors (Lipinski definition) is 2. The van der Waals surface area contributed by atoms with Gasteiger partial charge in [0.2, 0.25) is 0 Å². The Hall–Kier alpha value is -0.276. The van der Waals surface area contributed by atoms with Crippen LogP contribution >= 0.6 is 0 Å². The molecule has 1 aromatic carbocycles. The SMILES string of the molecule is [B][B]B([B])C(NB([B])B([B])[B])C(O)c1ccccc1. The van der Waals surface area contributed by atoms with Crippen molar-refractivity contribution >= 4 is 65.3 Å². The Bertz CT molecular complexity index is 366. The molecule has 0 fully saturated rings. The van der Waals surface area contributed by atoms with Gasteiger partial charge in [0, 0.05) is 52.1 Å². The van der Waals surface area contributed by atoms with Crippen molar-refractivity contribution in [3.63, 3.8) is 0 Å². The van der Waals surface area contributed by atoms with Gasteiger partial charge >= 0.3 is 0 Å². The van der Waals surface area contributed by atoms with E-state index in [1.165, 1.54) is 7.06 Å². The third-order valence-corrected chi connectivity index (χ3v) is 2.92. The molecule has 0 aliphatic carbocycles. The molecular weight excluding hydrogens is 223 g/mol. The topological polar surface area (TPSA) is 32.3 Å². The lowest BCUT2D eigenvalue weighted by Crippen LogP contribution is -2.61. The van der Waals surface area contributed by atoms with E-state index >= 15 is 0 Å². The minimum absolute atomic E-state index is 0.586. The highest BCUT2D eigenvalue weighted by Gasteiger charge is 2.28. The number of aliphatic hydroxyl groups excluding tert-OH is 1. The first-order chi connectivity index (χ1) is 8.97. The molecule has 0 aliphatic heterocycles. The van der Waals surface area contributed by atoms with Crippen LogP contribution in [0.4, 0.5) is 0 Å². The summed E-state index contributed by atoms with van der Waals surface area (Å²) in [6, 6.07) is 9.08. The Morgan fingerprint density at radius 2 is 1.68 bits per heavy atom. The monoisotopic (exact) mass is 234 g/mol. The zero-order chi connectivity index (χ0) is 14.4. The maximum absolute atomic E-state index is 10.4. The molecule has 19 heavy (non-hydrogen) atoms. The molecule has 2 atom stereocenters. The second-order valence-electron chi connectivity index (χ2n) is 4.42. The van der Waals surface area contributed by atoms with Crippen molar-refractivity contribution in [2.45, 2.75) is 12.0 Å². The van der Waals surface area contributed by atoms with Crippen LogP contribution in [0.15, 0.2) is 30.3 Å². The molecule has 2 N–H and O–H groups in total. The summed E-state index contributed by atoms with van der Waals surface area (Å²) >= 11 is 0. The van der Waals surface area contributed by atoms with E-state index < -0.39 is 31.6 Å². The predicted octanol–water partition coefficient (Wildman–Crippen LogP) is -2.78. The van der Waals surface area contributed by atoms with Crippen molar-refractivity contribution in [1.82, 2.24) is 5.23 Å². The van der Waals surface area contributed by atoms with Crippen molar-refractivity contribution < 1.29 is 5.11 Å². The Morgan fingerprint density at radius 1 is 1.11 bits per heavy atom. The molecule has 2 unspecified atom stereocenters. The highest BCUT2D eigenvalue weighted by molar-refractivity contribution is 7.66. The van der Waals surface area contributed by atoms with E-state index in [0.717, 1.165) is 0 Å². The van der Waals surface area contributed by atoms with Crippen LogP contribution < -0.4 is 5.23 Å². The lowest BCUT2D eigenvalue weighted by Gasteiger charge is -2.32. The van der Waals surface area contributed by atoms with E-state index in [0.29, 0.717) is 5.56 Å². The molecule has 0 bridgehead atoms. The highest BCUT2D eigenvalue weighted by Crippen LogP contribution is 2.17. The molecule has 11 radical (unpaired) electrons. The molecule has 0 amide bonds. The molecule has 0 heterocycles. The fraction of sp³-hybridized carbons (Fsp3) is 0.250. The van der Waals surface area contributed by atoms with Gasteiger partial charge in [0.1, 0.15) is 6.63 Å². The van der Waals surface area contributed by atoms with E-state index in [-0.39, 0.29) is 0 Å². The first-order valence-corrected chi connectivity index (χ1v) is 6.03. The maximum atomic E-state index is 10.4. The maximum Gasteiger partial charge on any atom is 0.116 e. The second kappa shape index (κ2) is 8.11. The van der Waals surface area contributed by atoms with Gasteiger partial charge in [-0.25, -0.2) is 0 Å². The van der Waals surface area contributed by atoms with Crippen LogP contribution in [0.3, 0.4) is 0 Å². The van der Waals surface area contributed by atoms with Crippen molar-refractivity contribution in [2.75, 3.05) is 0 Å². The van der Waals surface area contributed by atoms with Crippen LogP contribution in [0.1, 0.15) is 11.7 Å². The summed E-state index contributed by atoms with van der Waals surface area (Å²) in [6.45, 7) is -1.30. The molecule has 11 heteroatoms. The van der Waals surface area contributed by atoms with Crippen LogP contribution in [0.2, 0.25) is 0 Å². The molecule has 79 valence electrons. The van der Waals surface area contributed by atoms with Crippen LogP contribution in [0.5, 0.6) is 0 Å². The first-order valence-electron chi connectivity index (χ1n) is 6.03. The average molecular weight is 232 g/mol. The van der Waals surface area contributed by atoms with Crippen LogP contribution in [0.25, 0.3) is 0 Å². The van der Waals surface area contributed by atoms with Gasteiger partial charge in [0.15, 0.2) is 0 Å². The molecule has 0 saturated heterocycles. The van der Waals surface area contributed by atoms with Gasteiger partial charge in [-0.05, 0) is 11.5 Å². The van der Waals surface area contributed by atoms with E-state index in [1.54, 1.807) is 12.1 Å². The van der Waals surface area contributed by atoms with Gasteiger partial charge in [0.25, 0.3) is 0 Å². The Balaban J connectivity index is 2.85. The van der Waals surface area contributed by atoms with E-state index in [2.05, 4.69) is 5.23 Å². The van der Waals surface area contributed by atoms with Crippen molar-refractivity contribution in [3.8, 4) is 0 Å². The molecule has 0 aliphatic rings. The highest BCUT2D eigenvalue weighted by atomic mass is 16.3. The molecule has 0 saturated carbocycles. The minimum Gasteiger partial charge on any atom is -0.388 e. The third-order valence-electron chi connectivity index (χ3n) is 2.92. The van der Waals surface area contributed by atoms with E-state index in [1.807, 2.05) is 18.2 Å². The third kappa shape index (κ3) is 4.96. The smallest absolute Gasteiger partial charge is 0.116 e. The van der Waals surface area contributed by atoms with Gasteiger partial charge in [0.05, 0.1) is 12.6 Å². The van der Waals surface area contributed by atoms with Crippen LogP contribution in [-0.2, 0) is 0 Å². The second-order valence-corrected chi connectivity index (χ2v) is 4.42. The van der Waals surface area contributed by atoms with Gasteiger partial charge in [-0.3, -0.25) is 0 Å². The summed E-state index contributed by atoms with van der Waals surface area (Å²) in [5, 5.41) is 13.3. The molecule has 0 spiro atoms. The first kappa shape index (κ1) is 16.8. The Kier molecular flexibility index (Phi) is 7.16. The number of rotatable bonds is 7.